The van der Waals surface area contributed by atoms with E-state index in [-0.39, 0.29) is 18.2 Å². The van der Waals surface area contributed by atoms with Crippen molar-refractivity contribution in [3.63, 3.8) is 0 Å². The van der Waals surface area contributed by atoms with Crippen LogP contribution in [0.3, 0.4) is 0 Å². The van der Waals surface area contributed by atoms with E-state index in [1.54, 1.807) is 6.92 Å². The van der Waals surface area contributed by atoms with Gasteiger partial charge < -0.3 is 5.11 Å². The molecule has 0 aromatic carbocycles. The summed E-state index contributed by atoms with van der Waals surface area (Å²) in [5.41, 5.74) is -0.980. The number of nitrogens with one attached hydrogen (secondary N) is 1. The highest BCUT2D eigenvalue weighted by molar-refractivity contribution is 7.89. The van der Waals surface area contributed by atoms with E-state index in [4.69, 9.17) is 0 Å². The van der Waals surface area contributed by atoms with Crippen molar-refractivity contribution in [3.05, 3.63) is 0 Å². The molecule has 0 spiro atoms. The molecule has 1 fully saturated rings. The van der Waals surface area contributed by atoms with Gasteiger partial charge >= 0.3 is 0 Å². The van der Waals surface area contributed by atoms with Crippen molar-refractivity contribution in [2.45, 2.75) is 45.6 Å². The van der Waals surface area contributed by atoms with Crippen molar-refractivity contribution < 1.29 is 13.5 Å². The van der Waals surface area contributed by atoms with E-state index in [1.165, 1.54) is 12.8 Å². The zero-order valence-electron chi connectivity index (χ0n) is 10.4. The van der Waals surface area contributed by atoms with E-state index >= 15 is 0 Å². The minimum Gasteiger partial charge on any atom is -0.389 e. The van der Waals surface area contributed by atoms with Gasteiger partial charge in [-0.05, 0) is 25.2 Å². The zero-order valence-corrected chi connectivity index (χ0v) is 11.2. The first-order valence-electron chi connectivity index (χ1n) is 5.92. The Morgan fingerprint density at radius 3 is 2.44 bits per heavy atom. The first-order valence-corrected chi connectivity index (χ1v) is 7.58. The van der Waals surface area contributed by atoms with Gasteiger partial charge in [-0.25, -0.2) is 13.1 Å². The van der Waals surface area contributed by atoms with Gasteiger partial charge in [-0.2, -0.15) is 0 Å². The van der Waals surface area contributed by atoms with Gasteiger partial charge in [0.1, 0.15) is 0 Å². The Morgan fingerprint density at radius 2 is 2.00 bits per heavy atom. The molecular weight excluding hydrogens is 226 g/mol. The molecule has 4 nitrogen and oxygen atoms in total. The molecule has 0 heterocycles. The highest BCUT2D eigenvalue weighted by atomic mass is 32.2. The summed E-state index contributed by atoms with van der Waals surface area (Å²) in [4.78, 5) is 0. The topological polar surface area (TPSA) is 66.4 Å². The van der Waals surface area contributed by atoms with Gasteiger partial charge in [0.15, 0.2) is 0 Å². The van der Waals surface area contributed by atoms with Crippen LogP contribution in [0, 0.1) is 11.8 Å². The van der Waals surface area contributed by atoms with Crippen LogP contribution >= 0.6 is 0 Å². The third-order valence-electron chi connectivity index (χ3n) is 3.39. The Bertz CT molecular complexity index is 318. The molecule has 0 amide bonds. The molecule has 5 heteroatoms. The van der Waals surface area contributed by atoms with Crippen molar-refractivity contribution in [2.24, 2.45) is 11.8 Å². The number of rotatable bonds is 7. The van der Waals surface area contributed by atoms with Crippen LogP contribution < -0.4 is 4.72 Å². The first-order chi connectivity index (χ1) is 7.23. The SMILES string of the molecule is CC(C)C(C)(O)CNS(=O)(=O)CCC1CC1. The van der Waals surface area contributed by atoms with Gasteiger partial charge in [0.2, 0.25) is 10.0 Å². The van der Waals surface area contributed by atoms with E-state index in [9.17, 15) is 13.5 Å². The third-order valence-corrected chi connectivity index (χ3v) is 4.74. The molecule has 0 aromatic heterocycles. The Morgan fingerprint density at radius 1 is 1.44 bits per heavy atom. The molecule has 0 aromatic rings. The van der Waals surface area contributed by atoms with Gasteiger partial charge in [-0.1, -0.05) is 26.7 Å². The number of sulfonamides is 1. The van der Waals surface area contributed by atoms with Gasteiger partial charge in [-0.15, -0.1) is 0 Å². The molecule has 1 rings (SSSR count). The molecular formula is C11H23NO3S. The van der Waals surface area contributed by atoms with Crippen LogP contribution in [0.25, 0.3) is 0 Å². The minimum atomic E-state index is -3.21. The monoisotopic (exact) mass is 249 g/mol. The van der Waals surface area contributed by atoms with Crippen molar-refractivity contribution in [2.75, 3.05) is 12.3 Å². The highest BCUT2D eigenvalue weighted by Crippen LogP contribution is 2.32. The van der Waals surface area contributed by atoms with Crippen LogP contribution in [-0.4, -0.2) is 31.4 Å². The number of hydrogen-bond donors (Lipinski definition) is 2. The van der Waals surface area contributed by atoms with Crippen LogP contribution in [0.2, 0.25) is 0 Å². The fourth-order valence-corrected chi connectivity index (χ4v) is 2.56. The molecule has 0 bridgehead atoms. The summed E-state index contributed by atoms with van der Waals surface area (Å²) in [5.74, 6) is 0.826. The fourth-order valence-electron chi connectivity index (χ4n) is 1.26. The van der Waals surface area contributed by atoms with E-state index in [0.717, 1.165) is 6.42 Å². The second kappa shape index (κ2) is 5.02. The van der Waals surface area contributed by atoms with E-state index in [2.05, 4.69) is 4.72 Å². The van der Waals surface area contributed by atoms with E-state index in [1.807, 2.05) is 13.8 Å². The second-order valence-corrected chi connectivity index (χ2v) is 7.31. The Kier molecular flexibility index (Phi) is 4.37. The lowest BCUT2D eigenvalue weighted by atomic mass is 9.93. The lowest BCUT2D eigenvalue weighted by Gasteiger charge is -2.27. The van der Waals surface area contributed by atoms with Gasteiger partial charge in [0, 0.05) is 6.54 Å². The molecule has 0 radical (unpaired) electrons. The summed E-state index contributed by atoms with van der Waals surface area (Å²) in [6.45, 7) is 5.50. The van der Waals surface area contributed by atoms with E-state index < -0.39 is 15.6 Å². The second-order valence-electron chi connectivity index (χ2n) is 5.38. The molecule has 2 N–H and O–H groups in total. The molecule has 96 valence electrons. The number of aliphatic hydroxyl groups is 1. The lowest BCUT2D eigenvalue weighted by molar-refractivity contribution is 0.0190. The maximum Gasteiger partial charge on any atom is 0.211 e. The van der Waals surface area contributed by atoms with Crippen molar-refractivity contribution in [1.82, 2.24) is 4.72 Å². The van der Waals surface area contributed by atoms with Crippen molar-refractivity contribution in [1.29, 1.82) is 0 Å². The van der Waals surface area contributed by atoms with Crippen LogP contribution in [0.1, 0.15) is 40.0 Å². The Hall–Kier alpha value is -0.130. The van der Waals surface area contributed by atoms with Crippen LogP contribution in [0.5, 0.6) is 0 Å². The average molecular weight is 249 g/mol. The molecule has 1 unspecified atom stereocenters. The summed E-state index contributed by atoms with van der Waals surface area (Å²) < 4.78 is 25.7. The molecule has 1 atom stereocenters. The van der Waals surface area contributed by atoms with Crippen molar-refractivity contribution in [3.8, 4) is 0 Å². The summed E-state index contributed by atoms with van der Waals surface area (Å²) in [5, 5.41) is 9.92. The largest absolute Gasteiger partial charge is 0.389 e. The molecule has 1 saturated carbocycles. The van der Waals surface area contributed by atoms with Crippen molar-refractivity contribution >= 4 is 10.0 Å². The third kappa shape index (κ3) is 4.80. The lowest BCUT2D eigenvalue weighted by Crippen LogP contribution is -2.44. The van der Waals surface area contributed by atoms with Crippen LogP contribution in [0.15, 0.2) is 0 Å². The van der Waals surface area contributed by atoms with Gasteiger partial charge in [-0.3, -0.25) is 0 Å². The summed E-state index contributed by atoms with van der Waals surface area (Å²) in [7, 11) is -3.21. The van der Waals surface area contributed by atoms with Gasteiger partial charge in [0.05, 0.1) is 11.4 Å². The standard InChI is InChI=1S/C11H23NO3S/c1-9(2)11(3,13)8-12-16(14,15)7-6-10-4-5-10/h9-10,12-13H,4-8H2,1-3H3. The minimum absolute atomic E-state index is 0.0265. The molecule has 1 aliphatic carbocycles. The van der Waals surface area contributed by atoms with Crippen LogP contribution in [-0.2, 0) is 10.0 Å². The fraction of sp³-hybridized carbons (Fsp3) is 1.00. The summed E-state index contributed by atoms with van der Waals surface area (Å²) in [6, 6.07) is 0. The van der Waals surface area contributed by atoms with E-state index in [0.29, 0.717) is 5.92 Å². The quantitative estimate of drug-likeness (QED) is 0.710. The zero-order chi connectivity index (χ0) is 12.4. The maximum absolute atomic E-state index is 11.6. The van der Waals surface area contributed by atoms with Gasteiger partial charge in [0.25, 0.3) is 0 Å². The first kappa shape index (κ1) is 13.9. The molecule has 0 aliphatic heterocycles. The number of hydrogen-bond acceptors (Lipinski definition) is 3. The summed E-state index contributed by atoms with van der Waals surface area (Å²) >= 11 is 0. The highest BCUT2D eigenvalue weighted by Gasteiger charge is 2.28. The normalized spacial score (nSPS) is 21.1. The Labute approximate surface area is 98.5 Å². The average Bonchev–Trinajstić information content (AvgIpc) is 2.95. The predicted octanol–water partition coefficient (Wildman–Crippen LogP) is 1.11. The molecule has 16 heavy (non-hydrogen) atoms. The predicted molar refractivity (Wildman–Crippen MR) is 64.6 cm³/mol. The maximum atomic E-state index is 11.6. The molecule has 1 aliphatic rings. The Balaban J connectivity index is 2.34. The van der Waals surface area contributed by atoms with Crippen LogP contribution in [0.4, 0.5) is 0 Å². The smallest absolute Gasteiger partial charge is 0.211 e. The summed E-state index contributed by atoms with van der Waals surface area (Å²) in [6.07, 6.45) is 3.08. The molecule has 0 saturated heterocycles.